The first-order chi connectivity index (χ1) is 13.6. The van der Waals surface area contributed by atoms with Crippen LogP contribution in [0.4, 0.5) is 0 Å². The van der Waals surface area contributed by atoms with Gasteiger partial charge in [-0.05, 0) is 37.3 Å². The van der Waals surface area contributed by atoms with E-state index in [2.05, 4.69) is 10.5 Å². The molecule has 1 N–H and O–H groups in total. The first-order valence-corrected chi connectivity index (χ1v) is 8.82. The molecule has 144 valence electrons. The maximum absolute atomic E-state index is 12.7. The summed E-state index contributed by atoms with van der Waals surface area (Å²) in [5, 5.41) is 6.85. The van der Waals surface area contributed by atoms with Gasteiger partial charge in [-0.3, -0.25) is 4.79 Å². The molecule has 0 unspecified atom stereocenters. The lowest BCUT2D eigenvalue weighted by Crippen LogP contribution is -2.25. The Balaban J connectivity index is 1.57. The van der Waals surface area contributed by atoms with Gasteiger partial charge in [0.25, 0.3) is 5.91 Å². The minimum Gasteiger partial charge on any atom is -0.497 e. The number of hydrogen-bond acceptors (Lipinski definition) is 6. The molecule has 28 heavy (non-hydrogen) atoms. The van der Waals surface area contributed by atoms with Gasteiger partial charge < -0.3 is 24.1 Å². The number of methoxy groups -OCH3 is 2. The molecule has 1 aromatic heterocycles. The zero-order chi connectivity index (χ0) is 19.7. The molecule has 0 fully saturated rings. The summed E-state index contributed by atoms with van der Waals surface area (Å²) in [6, 6.07) is 11.2. The smallest absolute Gasteiger partial charge is 0.274 e. The van der Waals surface area contributed by atoms with Gasteiger partial charge in [-0.15, -0.1) is 0 Å². The van der Waals surface area contributed by atoms with Crippen LogP contribution in [0.2, 0.25) is 0 Å². The number of rotatable bonds is 5. The van der Waals surface area contributed by atoms with E-state index in [9.17, 15) is 4.79 Å². The van der Waals surface area contributed by atoms with Gasteiger partial charge in [0.15, 0.2) is 11.5 Å². The van der Waals surface area contributed by atoms with Gasteiger partial charge in [-0.2, -0.15) is 0 Å². The molecule has 0 saturated heterocycles. The van der Waals surface area contributed by atoms with Crippen LogP contribution in [0.5, 0.6) is 17.2 Å². The zero-order valence-corrected chi connectivity index (χ0v) is 15.9. The quantitative estimate of drug-likeness (QED) is 0.730. The summed E-state index contributed by atoms with van der Waals surface area (Å²) in [7, 11) is 3.17. The largest absolute Gasteiger partial charge is 0.497 e. The summed E-state index contributed by atoms with van der Waals surface area (Å²) < 4.78 is 21.8. The van der Waals surface area contributed by atoms with Gasteiger partial charge in [0.2, 0.25) is 0 Å². The Morgan fingerprint density at radius 2 is 2.04 bits per heavy atom. The van der Waals surface area contributed by atoms with Crippen LogP contribution in [0.25, 0.3) is 11.3 Å². The monoisotopic (exact) mass is 380 g/mol. The second-order valence-corrected chi connectivity index (χ2v) is 6.49. The van der Waals surface area contributed by atoms with Crippen LogP contribution in [0.15, 0.2) is 40.9 Å². The number of nitrogens with one attached hydrogen (secondary N) is 1. The first kappa shape index (κ1) is 17.9. The lowest BCUT2D eigenvalue weighted by atomic mass is 10.0. The van der Waals surface area contributed by atoms with E-state index in [4.69, 9.17) is 18.7 Å². The van der Waals surface area contributed by atoms with Crippen molar-refractivity contribution in [3.63, 3.8) is 0 Å². The predicted octanol–water partition coefficient (Wildman–Crippen LogP) is 3.49. The van der Waals surface area contributed by atoms with Gasteiger partial charge in [0.1, 0.15) is 23.9 Å². The number of carbonyl (C=O) groups is 1. The zero-order valence-electron chi connectivity index (χ0n) is 15.9. The molecular formula is C21H20N2O5. The van der Waals surface area contributed by atoms with Crippen LogP contribution >= 0.6 is 0 Å². The SMILES string of the molecule is COc1ccc(OC)c(CNC(=O)c2noc3c2COc2ccc(C)cc2-3)c1. The summed E-state index contributed by atoms with van der Waals surface area (Å²) in [6.07, 6.45) is 0. The lowest BCUT2D eigenvalue weighted by molar-refractivity contribution is 0.0939. The van der Waals surface area contributed by atoms with Crippen LogP contribution in [0, 0.1) is 6.92 Å². The van der Waals surface area contributed by atoms with Crippen molar-refractivity contribution in [1.82, 2.24) is 10.5 Å². The van der Waals surface area contributed by atoms with Gasteiger partial charge in [-0.1, -0.05) is 16.8 Å². The lowest BCUT2D eigenvalue weighted by Gasteiger charge is -2.16. The van der Waals surface area contributed by atoms with E-state index >= 15 is 0 Å². The third kappa shape index (κ3) is 3.15. The minimum absolute atomic E-state index is 0.226. The number of fused-ring (bicyclic) bond motifs is 3. The van der Waals surface area contributed by atoms with E-state index in [1.165, 1.54) is 0 Å². The summed E-state index contributed by atoms with van der Waals surface area (Å²) in [5.74, 6) is 2.31. The Hall–Kier alpha value is -3.48. The molecule has 7 heteroatoms. The van der Waals surface area contributed by atoms with Crippen LogP contribution in [0.3, 0.4) is 0 Å². The van der Waals surface area contributed by atoms with Crippen molar-refractivity contribution in [2.75, 3.05) is 14.2 Å². The third-order valence-corrected chi connectivity index (χ3v) is 4.68. The molecule has 3 aromatic rings. The first-order valence-electron chi connectivity index (χ1n) is 8.82. The maximum Gasteiger partial charge on any atom is 0.274 e. The fourth-order valence-corrected chi connectivity index (χ4v) is 3.21. The Bertz CT molecular complexity index is 1040. The highest BCUT2D eigenvalue weighted by Gasteiger charge is 2.28. The molecule has 0 bridgehead atoms. The molecule has 4 rings (SSSR count). The molecule has 2 heterocycles. The Morgan fingerprint density at radius 1 is 1.18 bits per heavy atom. The fraction of sp³-hybridized carbons (Fsp3) is 0.238. The van der Waals surface area contributed by atoms with Crippen LogP contribution in [0.1, 0.15) is 27.2 Å². The summed E-state index contributed by atoms with van der Waals surface area (Å²) in [6.45, 7) is 2.48. The number of ether oxygens (including phenoxy) is 3. The second kappa shape index (κ2) is 7.26. The van der Waals surface area contributed by atoms with Crippen molar-refractivity contribution in [1.29, 1.82) is 0 Å². The highest BCUT2D eigenvalue weighted by atomic mass is 16.5. The molecule has 0 saturated carbocycles. The van der Waals surface area contributed by atoms with Crippen LogP contribution in [-0.4, -0.2) is 25.3 Å². The number of carbonyl (C=O) groups excluding carboxylic acids is 1. The van der Waals surface area contributed by atoms with Crippen molar-refractivity contribution >= 4 is 5.91 Å². The number of nitrogens with zero attached hydrogens (tertiary/aromatic N) is 1. The van der Waals surface area contributed by atoms with Gasteiger partial charge in [-0.25, -0.2) is 0 Å². The van der Waals surface area contributed by atoms with Gasteiger partial charge >= 0.3 is 0 Å². The van der Waals surface area contributed by atoms with E-state index < -0.39 is 0 Å². The van der Waals surface area contributed by atoms with Gasteiger partial charge in [0, 0.05) is 12.1 Å². The predicted molar refractivity (Wildman–Crippen MR) is 102 cm³/mol. The average molecular weight is 380 g/mol. The standard InChI is InChI=1S/C21H20N2O5/c1-12-4-6-18-15(8-12)20-16(11-27-18)19(23-28-20)21(24)22-10-13-9-14(25-2)5-7-17(13)26-3/h4-9H,10-11H2,1-3H3,(H,22,24). The van der Waals surface area contributed by atoms with Crippen molar-refractivity contribution in [2.24, 2.45) is 0 Å². The molecule has 1 aliphatic rings. The Labute approximate surface area is 162 Å². The number of hydrogen-bond donors (Lipinski definition) is 1. The molecule has 1 amide bonds. The maximum atomic E-state index is 12.7. The number of benzene rings is 2. The van der Waals surface area contributed by atoms with Crippen molar-refractivity contribution in [3.8, 4) is 28.6 Å². The van der Waals surface area contributed by atoms with Crippen LogP contribution in [-0.2, 0) is 13.2 Å². The summed E-state index contributed by atoms with van der Waals surface area (Å²) in [5.41, 5.74) is 3.55. The minimum atomic E-state index is -0.338. The normalized spacial score (nSPS) is 11.8. The molecule has 2 aromatic carbocycles. The molecule has 0 atom stereocenters. The number of amides is 1. The number of aryl methyl sites for hydroxylation is 1. The Morgan fingerprint density at radius 3 is 2.82 bits per heavy atom. The highest BCUT2D eigenvalue weighted by Crippen LogP contribution is 2.39. The number of aromatic nitrogens is 1. The average Bonchev–Trinajstić information content (AvgIpc) is 3.16. The topological polar surface area (TPSA) is 82.8 Å². The van der Waals surface area contributed by atoms with Crippen molar-refractivity contribution in [2.45, 2.75) is 20.1 Å². The van der Waals surface area contributed by atoms with Gasteiger partial charge in [0.05, 0.1) is 25.3 Å². The van der Waals surface area contributed by atoms with E-state index in [-0.39, 0.29) is 24.8 Å². The van der Waals surface area contributed by atoms with E-state index in [1.807, 2.05) is 31.2 Å². The third-order valence-electron chi connectivity index (χ3n) is 4.68. The van der Waals surface area contributed by atoms with E-state index in [0.717, 1.165) is 22.4 Å². The fourth-order valence-electron chi connectivity index (χ4n) is 3.21. The molecule has 7 nitrogen and oxygen atoms in total. The highest BCUT2D eigenvalue weighted by molar-refractivity contribution is 5.95. The van der Waals surface area contributed by atoms with E-state index in [0.29, 0.717) is 22.8 Å². The molecule has 0 aliphatic carbocycles. The summed E-state index contributed by atoms with van der Waals surface area (Å²) in [4.78, 5) is 12.7. The Kier molecular flexibility index (Phi) is 4.65. The van der Waals surface area contributed by atoms with E-state index in [1.54, 1.807) is 26.4 Å². The molecule has 0 radical (unpaired) electrons. The second-order valence-electron chi connectivity index (χ2n) is 6.49. The molecular weight excluding hydrogens is 360 g/mol. The summed E-state index contributed by atoms with van der Waals surface area (Å²) >= 11 is 0. The van der Waals surface area contributed by atoms with Crippen molar-refractivity contribution in [3.05, 3.63) is 58.8 Å². The van der Waals surface area contributed by atoms with Crippen LogP contribution < -0.4 is 19.5 Å². The molecule has 1 aliphatic heterocycles. The molecule has 0 spiro atoms. The van der Waals surface area contributed by atoms with Crippen molar-refractivity contribution < 1.29 is 23.5 Å².